The Balaban J connectivity index is 1.53. The molecule has 2 aromatic rings. The summed E-state index contributed by atoms with van der Waals surface area (Å²) in [4.78, 5) is 20.0. The van der Waals surface area contributed by atoms with Gasteiger partial charge in [-0.05, 0) is 24.5 Å². The number of rotatable bonds is 5. The van der Waals surface area contributed by atoms with E-state index < -0.39 is 11.9 Å². The van der Waals surface area contributed by atoms with E-state index in [1.807, 2.05) is 41.8 Å². The molecular weight excluding hydrogens is 389 g/mol. The van der Waals surface area contributed by atoms with Crippen LogP contribution < -0.4 is 10.2 Å². The number of thiazole rings is 1. The number of anilines is 2. The van der Waals surface area contributed by atoms with Crippen molar-refractivity contribution >= 4 is 28.1 Å². The third-order valence-electron chi connectivity index (χ3n) is 4.80. The Morgan fingerprint density at radius 2 is 1.96 bits per heavy atom. The fraction of sp³-hybridized carbons (Fsp3) is 0.474. The maximum atomic E-state index is 12.7. The van der Waals surface area contributed by atoms with Gasteiger partial charge in [0.15, 0.2) is 10.8 Å². The molecule has 0 spiro atoms. The van der Waals surface area contributed by atoms with E-state index in [-0.39, 0.29) is 12.5 Å². The monoisotopic (exact) mass is 412 g/mol. The van der Waals surface area contributed by atoms with Crippen molar-refractivity contribution < 1.29 is 18.0 Å². The van der Waals surface area contributed by atoms with Crippen molar-refractivity contribution in [3.63, 3.8) is 0 Å². The van der Waals surface area contributed by atoms with Crippen LogP contribution in [0.5, 0.6) is 0 Å². The first-order valence-corrected chi connectivity index (χ1v) is 10.0. The van der Waals surface area contributed by atoms with Gasteiger partial charge < -0.3 is 10.2 Å². The Kier molecular flexibility index (Phi) is 6.24. The van der Waals surface area contributed by atoms with Gasteiger partial charge in [0.2, 0.25) is 5.91 Å². The van der Waals surface area contributed by atoms with Crippen molar-refractivity contribution in [2.75, 3.05) is 42.9 Å². The normalized spacial score (nSPS) is 15.7. The van der Waals surface area contributed by atoms with Crippen LogP contribution in [0.25, 0.3) is 0 Å². The molecule has 28 heavy (non-hydrogen) atoms. The molecule has 152 valence electrons. The molecule has 1 fully saturated rings. The Morgan fingerprint density at radius 3 is 2.57 bits per heavy atom. The van der Waals surface area contributed by atoms with Gasteiger partial charge in [-0.1, -0.05) is 25.1 Å². The second-order valence-electron chi connectivity index (χ2n) is 6.79. The summed E-state index contributed by atoms with van der Waals surface area (Å²) in [7, 11) is 0. The van der Waals surface area contributed by atoms with Crippen molar-refractivity contribution in [1.82, 2.24) is 9.88 Å². The molecule has 0 unspecified atom stereocenters. The zero-order valence-electron chi connectivity index (χ0n) is 15.8. The van der Waals surface area contributed by atoms with Crippen molar-refractivity contribution in [1.29, 1.82) is 0 Å². The number of carbonyl (C=O) groups is 1. The highest BCUT2D eigenvalue weighted by Gasteiger charge is 2.34. The minimum atomic E-state index is -4.42. The first kappa shape index (κ1) is 20.6. The second-order valence-corrected chi connectivity index (χ2v) is 7.62. The molecule has 9 heteroatoms. The van der Waals surface area contributed by atoms with Crippen LogP contribution in [0.3, 0.4) is 0 Å². The average Bonchev–Trinajstić information content (AvgIpc) is 3.14. The van der Waals surface area contributed by atoms with E-state index >= 15 is 0 Å². The number of para-hydroxylation sites is 1. The molecule has 3 rings (SSSR count). The van der Waals surface area contributed by atoms with Crippen LogP contribution >= 0.6 is 11.3 Å². The summed E-state index contributed by atoms with van der Waals surface area (Å²) in [6, 6.07) is 5.95. The average molecular weight is 412 g/mol. The molecular formula is C19H23F3N4OS. The van der Waals surface area contributed by atoms with Gasteiger partial charge in [-0.3, -0.25) is 9.69 Å². The number of benzene rings is 1. The largest absolute Gasteiger partial charge is 0.434 e. The first-order chi connectivity index (χ1) is 13.3. The molecule has 0 bridgehead atoms. The van der Waals surface area contributed by atoms with Crippen molar-refractivity contribution in [2.24, 2.45) is 0 Å². The number of alkyl halides is 3. The first-order valence-electron chi connectivity index (χ1n) is 9.16. The third-order valence-corrected chi connectivity index (χ3v) is 5.70. The molecule has 1 saturated heterocycles. The van der Waals surface area contributed by atoms with Gasteiger partial charge in [0, 0.05) is 37.2 Å². The van der Waals surface area contributed by atoms with Gasteiger partial charge in [0.25, 0.3) is 0 Å². The molecule has 1 aliphatic heterocycles. The standard InChI is InChI=1S/C19H23F3N4OS/c1-3-14-6-4-5-13(2)17(14)24-16(27)11-25-7-9-26(10-8-25)18-23-15(12-28-18)19(20,21)22/h4-6,12H,3,7-11H2,1-2H3,(H,24,27). The molecule has 2 heterocycles. The molecule has 1 N–H and O–H groups in total. The third kappa shape index (κ3) is 4.82. The maximum absolute atomic E-state index is 12.7. The lowest BCUT2D eigenvalue weighted by atomic mass is 10.1. The van der Waals surface area contributed by atoms with E-state index in [4.69, 9.17) is 0 Å². The van der Waals surface area contributed by atoms with Crippen LogP contribution in [0.15, 0.2) is 23.6 Å². The van der Waals surface area contributed by atoms with Crippen LogP contribution in [0, 0.1) is 6.92 Å². The van der Waals surface area contributed by atoms with Crippen LogP contribution in [-0.2, 0) is 17.4 Å². The van der Waals surface area contributed by atoms with Crippen LogP contribution in [-0.4, -0.2) is 48.5 Å². The van der Waals surface area contributed by atoms with Gasteiger partial charge in [-0.2, -0.15) is 13.2 Å². The number of aromatic nitrogens is 1. The molecule has 0 radical (unpaired) electrons. The Hall–Kier alpha value is -2.13. The smallest absolute Gasteiger partial charge is 0.346 e. The fourth-order valence-corrected chi connectivity index (χ4v) is 4.11. The summed E-state index contributed by atoms with van der Waals surface area (Å²) in [6.45, 7) is 6.57. The van der Waals surface area contributed by atoms with E-state index in [1.54, 1.807) is 0 Å². The van der Waals surface area contributed by atoms with Crippen LogP contribution in [0.1, 0.15) is 23.7 Å². The number of nitrogens with zero attached hydrogens (tertiary/aromatic N) is 3. The minimum Gasteiger partial charge on any atom is -0.346 e. The number of piperazine rings is 1. The molecule has 1 amide bonds. The van der Waals surface area contributed by atoms with Crippen molar-refractivity contribution in [3.05, 3.63) is 40.4 Å². The summed E-state index contributed by atoms with van der Waals surface area (Å²) in [5.41, 5.74) is 2.15. The summed E-state index contributed by atoms with van der Waals surface area (Å²) < 4.78 is 38.1. The van der Waals surface area contributed by atoms with Gasteiger partial charge in [0.05, 0.1) is 6.54 Å². The van der Waals surface area contributed by atoms with E-state index in [0.717, 1.165) is 40.0 Å². The molecule has 1 aromatic heterocycles. The molecule has 1 aliphatic rings. The molecule has 5 nitrogen and oxygen atoms in total. The molecule has 1 aromatic carbocycles. The summed E-state index contributed by atoms with van der Waals surface area (Å²) in [6.07, 6.45) is -3.58. The lowest BCUT2D eigenvalue weighted by Gasteiger charge is -2.34. The number of hydrogen-bond acceptors (Lipinski definition) is 5. The van der Waals surface area contributed by atoms with Gasteiger partial charge in [0.1, 0.15) is 0 Å². The van der Waals surface area contributed by atoms with E-state index in [1.165, 1.54) is 0 Å². The molecule has 0 atom stereocenters. The predicted octanol–water partition coefficient (Wildman–Crippen LogP) is 3.79. The number of aryl methyl sites for hydroxylation is 2. The van der Waals surface area contributed by atoms with E-state index in [9.17, 15) is 18.0 Å². The Morgan fingerprint density at radius 1 is 1.25 bits per heavy atom. The topological polar surface area (TPSA) is 48.5 Å². The quantitative estimate of drug-likeness (QED) is 0.812. The van der Waals surface area contributed by atoms with Gasteiger partial charge >= 0.3 is 6.18 Å². The lowest BCUT2D eigenvalue weighted by molar-refractivity contribution is -0.140. The second kappa shape index (κ2) is 8.48. The highest BCUT2D eigenvalue weighted by atomic mass is 32.1. The number of amides is 1. The highest BCUT2D eigenvalue weighted by molar-refractivity contribution is 7.13. The van der Waals surface area contributed by atoms with Crippen LogP contribution in [0.2, 0.25) is 0 Å². The highest BCUT2D eigenvalue weighted by Crippen LogP contribution is 2.33. The number of halogens is 3. The fourth-order valence-electron chi connectivity index (χ4n) is 3.22. The molecule has 0 saturated carbocycles. The number of carbonyl (C=O) groups excluding carboxylic acids is 1. The zero-order valence-corrected chi connectivity index (χ0v) is 16.7. The molecule has 0 aliphatic carbocycles. The predicted molar refractivity (Wildman–Crippen MR) is 105 cm³/mol. The number of hydrogen-bond donors (Lipinski definition) is 1. The summed E-state index contributed by atoms with van der Waals surface area (Å²) >= 11 is 1.00. The Labute approximate surface area is 166 Å². The minimum absolute atomic E-state index is 0.0777. The van der Waals surface area contributed by atoms with E-state index in [0.29, 0.717) is 31.3 Å². The Bertz CT molecular complexity index is 829. The number of nitrogens with one attached hydrogen (secondary N) is 1. The van der Waals surface area contributed by atoms with Gasteiger partial charge in [-0.25, -0.2) is 4.98 Å². The van der Waals surface area contributed by atoms with Crippen molar-refractivity contribution in [2.45, 2.75) is 26.4 Å². The van der Waals surface area contributed by atoms with Gasteiger partial charge in [-0.15, -0.1) is 11.3 Å². The summed E-state index contributed by atoms with van der Waals surface area (Å²) in [5.74, 6) is -0.0777. The zero-order chi connectivity index (χ0) is 20.3. The summed E-state index contributed by atoms with van der Waals surface area (Å²) in [5, 5.41) is 4.43. The van der Waals surface area contributed by atoms with Crippen LogP contribution in [0.4, 0.5) is 24.0 Å². The SMILES string of the molecule is CCc1cccc(C)c1NC(=O)CN1CCN(c2nc(C(F)(F)F)cs2)CC1. The van der Waals surface area contributed by atoms with E-state index in [2.05, 4.69) is 10.3 Å². The maximum Gasteiger partial charge on any atom is 0.434 e. The van der Waals surface area contributed by atoms with Crippen molar-refractivity contribution in [3.8, 4) is 0 Å². The lowest BCUT2D eigenvalue weighted by Crippen LogP contribution is -2.48.